The second-order valence-corrected chi connectivity index (χ2v) is 13.3. The van der Waals surface area contributed by atoms with E-state index in [0.29, 0.717) is 25.3 Å². The van der Waals surface area contributed by atoms with Gasteiger partial charge in [-0.2, -0.15) is 0 Å². The van der Waals surface area contributed by atoms with Crippen LogP contribution < -0.4 is 16.0 Å². The van der Waals surface area contributed by atoms with Gasteiger partial charge in [0.2, 0.25) is 17.7 Å². The summed E-state index contributed by atoms with van der Waals surface area (Å²) >= 11 is 1.58. The molecule has 3 amide bonds. The van der Waals surface area contributed by atoms with Gasteiger partial charge in [0.05, 0.1) is 15.2 Å². The van der Waals surface area contributed by atoms with Crippen molar-refractivity contribution in [1.29, 1.82) is 0 Å². The lowest BCUT2D eigenvalue weighted by Crippen LogP contribution is -2.55. The van der Waals surface area contributed by atoms with Crippen LogP contribution in [0.2, 0.25) is 0 Å². The van der Waals surface area contributed by atoms with Gasteiger partial charge in [-0.1, -0.05) is 46.1 Å². The maximum atomic E-state index is 13.8. The zero-order valence-electron chi connectivity index (χ0n) is 25.9. The van der Waals surface area contributed by atoms with Crippen molar-refractivity contribution in [3.63, 3.8) is 0 Å². The zero-order valence-corrected chi connectivity index (χ0v) is 26.7. The summed E-state index contributed by atoms with van der Waals surface area (Å²) in [4.78, 5) is 48.8. The molecule has 232 valence electrons. The normalized spacial score (nSPS) is 19.2. The highest BCUT2D eigenvalue weighted by atomic mass is 32.1. The minimum atomic E-state index is -0.721. The number of hydrogen-bond acceptors (Lipinski definition) is 7. The van der Waals surface area contributed by atoms with Crippen LogP contribution in [0.4, 0.5) is 0 Å². The molecule has 0 spiro atoms. The molecule has 1 aromatic heterocycles. The first-order valence-electron chi connectivity index (χ1n) is 15.9. The third kappa shape index (κ3) is 9.22. The Kier molecular flexibility index (Phi) is 12.2. The first kappa shape index (κ1) is 32.4. The molecule has 1 aliphatic carbocycles. The molecule has 2 aliphatic rings. The number of amides is 3. The van der Waals surface area contributed by atoms with Gasteiger partial charge in [0.1, 0.15) is 6.04 Å². The molecule has 4 rings (SSSR count). The number of piperazine rings is 1. The molecular weight excluding hydrogens is 548 g/mol. The smallest absolute Gasteiger partial charge is 0.243 e. The van der Waals surface area contributed by atoms with Crippen molar-refractivity contribution < 1.29 is 14.4 Å². The van der Waals surface area contributed by atoms with Crippen molar-refractivity contribution in [3.8, 4) is 0 Å². The Morgan fingerprint density at radius 3 is 2.45 bits per heavy atom. The number of nitrogens with zero attached hydrogens (tertiary/aromatic N) is 3. The third-order valence-corrected chi connectivity index (χ3v) is 9.92. The summed E-state index contributed by atoms with van der Waals surface area (Å²) in [5, 5.41) is 10.2. The highest BCUT2D eigenvalue weighted by Crippen LogP contribution is 2.27. The Hall–Kier alpha value is -2.56. The minimum absolute atomic E-state index is 0.0285. The number of aryl methyl sites for hydroxylation is 1. The number of nitrogens with one attached hydrogen (secondary N) is 3. The van der Waals surface area contributed by atoms with Crippen LogP contribution in [0.3, 0.4) is 0 Å². The number of likely N-dealkylation sites (N-methyl/N-ethyl adjacent to an activating group) is 1. The van der Waals surface area contributed by atoms with Crippen LogP contribution in [0.15, 0.2) is 18.2 Å². The largest absolute Gasteiger partial charge is 0.354 e. The molecule has 2 aromatic rings. The fourth-order valence-corrected chi connectivity index (χ4v) is 7.12. The summed E-state index contributed by atoms with van der Waals surface area (Å²) in [6.45, 7) is 11.1. The summed E-state index contributed by atoms with van der Waals surface area (Å²) < 4.78 is 1.10. The molecule has 42 heavy (non-hydrogen) atoms. The van der Waals surface area contributed by atoms with E-state index in [9.17, 15) is 14.4 Å². The van der Waals surface area contributed by atoms with Crippen LogP contribution >= 0.6 is 11.3 Å². The van der Waals surface area contributed by atoms with Gasteiger partial charge < -0.3 is 25.8 Å². The van der Waals surface area contributed by atoms with Crippen LogP contribution in [0, 0.1) is 11.8 Å². The van der Waals surface area contributed by atoms with Crippen LogP contribution in [-0.2, 0) is 27.2 Å². The standard InChI is InChI=1S/C32H50N6O3S/c1-5-23-12-13-25-28(18-23)42-30(35-25)19-26(34-29(39)6-2)32(41)36-27(24-10-8-7-9-11-24)20-33-31(40)22(3)21-38-16-14-37(4)15-17-38/h12-13,18,22,24,26-27H,5-11,14-17,19-21H2,1-4H3,(H,33,40)(H,34,39)(H,36,41)/t22?,26-,27+/m0/s1. The SMILES string of the molecule is CCC(=O)N[C@@H](Cc1nc2ccc(CC)cc2s1)C(=O)N[C@H](CNC(=O)C(C)CN1CCN(C)CC1)C1CCCCC1. The van der Waals surface area contributed by atoms with Crippen molar-refractivity contribution in [2.24, 2.45) is 11.8 Å². The zero-order chi connectivity index (χ0) is 30.1. The Morgan fingerprint density at radius 1 is 1.02 bits per heavy atom. The predicted octanol–water partition coefficient (Wildman–Crippen LogP) is 3.36. The van der Waals surface area contributed by atoms with Gasteiger partial charge in [-0.25, -0.2) is 4.98 Å². The van der Waals surface area contributed by atoms with Gasteiger partial charge in [-0.3, -0.25) is 14.4 Å². The summed E-state index contributed by atoms with van der Waals surface area (Å²) in [6.07, 6.45) is 7.12. The Bertz CT molecular complexity index is 1190. The van der Waals surface area contributed by atoms with Gasteiger partial charge in [0.15, 0.2) is 0 Å². The molecule has 3 atom stereocenters. The molecule has 0 bridgehead atoms. The van der Waals surface area contributed by atoms with Crippen molar-refractivity contribution in [1.82, 2.24) is 30.7 Å². The van der Waals surface area contributed by atoms with Crippen molar-refractivity contribution in [2.45, 2.75) is 84.2 Å². The molecule has 2 heterocycles. The molecule has 0 radical (unpaired) electrons. The van der Waals surface area contributed by atoms with Crippen molar-refractivity contribution >= 4 is 39.3 Å². The number of hydrogen-bond donors (Lipinski definition) is 3. The molecule has 2 fully saturated rings. The first-order valence-corrected chi connectivity index (χ1v) is 16.7. The van der Waals surface area contributed by atoms with Gasteiger partial charge in [0.25, 0.3) is 0 Å². The second-order valence-electron chi connectivity index (χ2n) is 12.2. The second kappa shape index (κ2) is 15.8. The number of rotatable bonds is 13. The number of fused-ring (bicyclic) bond motifs is 1. The van der Waals surface area contributed by atoms with Crippen LogP contribution in [0.1, 0.15) is 69.9 Å². The highest BCUT2D eigenvalue weighted by Gasteiger charge is 2.30. The van der Waals surface area contributed by atoms with E-state index >= 15 is 0 Å². The summed E-state index contributed by atoms with van der Waals surface area (Å²) in [7, 11) is 2.13. The number of aromatic nitrogens is 1. The molecule has 1 aliphatic heterocycles. The molecule has 1 saturated heterocycles. The predicted molar refractivity (Wildman–Crippen MR) is 170 cm³/mol. The Balaban J connectivity index is 1.42. The van der Waals surface area contributed by atoms with E-state index in [0.717, 1.165) is 80.1 Å². The topological polar surface area (TPSA) is 107 Å². The Labute approximate surface area is 255 Å². The maximum Gasteiger partial charge on any atom is 0.243 e. The number of carbonyl (C=O) groups is 3. The number of thiazole rings is 1. The van der Waals surface area contributed by atoms with Crippen molar-refractivity contribution in [3.05, 3.63) is 28.8 Å². The summed E-state index contributed by atoms with van der Waals surface area (Å²) in [5.41, 5.74) is 2.17. The Morgan fingerprint density at radius 2 is 1.76 bits per heavy atom. The van der Waals surface area contributed by atoms with E-state index in [4.69, 9.17) is 4.98 Å². The monoisotopic (exact) mass is 598 g/mol. The average molecular weight is 599 g/mol. The van der Waals surface area contributed by atoms with Crippen LogP contribution in [-0.4, -0.2) is 90.9 Å². The molecule has 10 heteroatoms. The average Bonchev–Trinajstić information content (AvgIpc) is 3.41. The molecular formula is C32H50N6O3S. The van der Waals surface area contributed by atoms with Gasteiger partial charge in [-0.15, -0.1) is 11.3 Å². The van der Waals surface area contributed by atoms with Gasteiger partial charge in [0, 0.05) is 64.1 Å². The third-order valence-electron chi connectivity index (χ3n) is 8.88. The fourth-order valence-electron chi connectivity index (χ4n) is 6.05. The lowest BCUT2D eigenvalue weighted by Gasteiger charge is -2.34. The molecule has 9 nitrogen and oxygen atoms in total. The van der Waals surface area contributed by atoms with E-state index in [-0.39, 0.29) is 29.7 Å². The van der Waals surface area contributed by atoms with Crippen LogP contribution in [0.25, 0.3) is 10.2 Å². The van der Waals surface area contributed by atoms with E-state index in [1.54, 1.807) is 18.3 Å². The van der Waals surface area contributed by atoms with Gasteiger partial charge >= 0.3 is 0 Å². The molecule has 1 aromatic carbocycles. The number of carbonyl (C=O) groups excluding carboxylic acids is 3. The number of benzene rings is 1. The van der Waals surface area contributed by atoms with Crippen molar-refractivity contribution in [2.75, 3.05) is 46.3 Å². The summed E-state index contributed by atoms with van der Waals surface area (Å²) in [5.74, 6) is -0.167. The lowest BCUT2D eigenvalue weighted by atomic mass is 9.83. The van der Waals surface area contributed by atoms with E-state index in [2.05, 4.69) is 51.9 Å². The lowest BCUT2D eigenvalue weighted by molar-refractivity contribution is -0.130. The molecule has 3 N–H and O–H groups in total. The van der Waals surface area contributed by atoms with E-state index < -0.39 is 6.04 Å². The molecule has 1 unspecified atom stereocenters. The van der Waals surface area contributed by atoms with Gasteiger partial charge in [-0.05, 0) is 49.9 Å². The minimum Gasteiger partial charge on any atom is -0.354 e. The molecule has 1 saturated carbocycles. The summed E-state index contributed by atoms with van der Waals surface area (Å²) in [6, 6.07) is 5.37. The van der Waals surface area contributed by atoms with Crippen LogP contribution in [0.5, 0.6) is 0 Å². The quantitative estimate of drug-likeness (QED) is 0.327. The highest BCUT2D eigenvalue weighted by molar-refractivity contribution is 7.18. The van der Waals surface area contributed by atoms with E-state index in [1.807, 2.05) is 13.0 Å². The first-order chi connectivity index (χ1) is 20.2. The van der Waals surface area contributed by atoms with E-state index in [1.165, 1.54) is 12.0 Å². The fraction of sp³-hybridized carbons (Fsp3) is 0.688. The maximum absolute atomic E-state index is 13.8.